The first-order valence-electron chi connectivity index (χ1n) is 8.71. The Labute approximate surface area is 159 Å². The van der Waals surface area contributed by atoms with E-state index < -0.39 is 11.1 Å². The summed E-state index contributed by atoms with van der Waals surface area (Å²) in [5, 5.41) is 16.8. The van der Waals surface area contributed by atoms with Crippen LogP contribution in [-0.4, -0.2) is 18.0 Å². The van der Waals surface area contributed by atoms with Crippen LogP contribution in [-0.2, 0) is 10.3 Å². The fourth-order valence-corrected chi connectivity index (χ4v) is 3.49. The minimum Gasteiger partial charge on any atom is -0.337 e. The van der Waals surface area contributed by atoms with Crippen LogP contribution in [0, 0.1) is 11.3 Å². The highest BCUT2D eigenvalue weighted by molar-refractivity contribution is 6.42. The first kappa shape index (κ1) is 20.0. The highest BCUT2D eigenvalue weighted by Crippen LogP contribution is 2.29. The van der Waals surface area contributed by atoms with Crippen LogP contribution in [0.4, 0.5) is 0 Å². The lowest BCUT2D eigenvalue weighted by molar-refractivity contribution is -0.122. The molecule has 2 N–H and O–H groups in total. The fraction of sp³-hybridized carbons (Fsp3) is 0.579. The van der Waals surface area contributed by atoms with Gasteiger partial charge in [-0.3, -0.25) is 10.1 Å². The molecule has 0 heterocycles. The van der Waals surface area contributed by atoms with Crippen molar-refractivity contribution in [1.82, 2.24) is 10.6 Å². The second kappa shape index (κ2) is 8.40. The minimum absolute atomic E-state index is 0.136. The monoisotopic (exact) mass is 381 g/mol. The largest absolute Gasteiger partial charge is 0.337 e. The molecule has 4 nitrogen and oxygen atoms in total. The van der Waals surface area contributed by atoms with Crippen molar-refractivity contribution in [3.8, 4) is 6.07 Å². The van der Waals surface area contributed by atoms with Crippen LogP contribution in [0.1, 0.15) is 57.9 Å². The zero-order valence-electron chi connectivity index (χ0n) is 14.8. The molecule has 1 aromatic carbocycles. The topological polar surface area (TPSA) is 64.9 Å². The molecule has 0 unspecified atom stereocenters. The molecule has 1 amide bonds. The summed E-state index contributed by atoms with van der Waals surface area (Å²) in [4.78, 5) is 12.4. The first-order chi connectivity index (χ1) is 11.8. The Balaban J connectivity index is 1.98. The Hall–Kier alpha value is -1.28. The molecule has 1 saturated carbocycles. The highest BCUT2D eigenvalue weighted by atomic mass is 35.5. The van der Waals surface area contributed by atoms with Crippen LogP contribution in [0.2, 0.25) is 10.0 Å². The molecule has 0 radical (unpaired) electrons. The molecule has 0 atom stereocenters. The SMILES string of the molecule is CC(C)(NCC(=O)NC1(C#N)CCCCCC1)c1ccc(Cl)c(Cl)c1. The minimum atomic E-state index is -0.719. The molecule has 0 aliphatic heterocycles. The predicted octanol–water partition coefficient (Wildman–Crippen LogP) is 4.55. The molecule has 1 aliphatic rings. The molecule has 0 bridgehead atoms. The van der Waals surface area contributed by atoms with E-state index in [-0.39, 0.29) is 12.5 Å². The summed E-state index contributed by atoms with van der Waals surface area (Å²) in [5.74, 6) is -0.156. The lowest BCUT2D eigenvalue weighted by Gasteiger charge is -2.30. The molecular formula is C19H25Cl2N3O. The number of benzene rings is 1. The summed E-state index contributed by atoms with van der Waals surface area (Å²) in [5.41, 5.74) is -0.225. The van der Waals surface area contributed by atoms with E-state index in [4.69, 9.17) is 23.2 Å². The summed E-state index contributed by atoms with van der Waals surface area (Å²) >= 11 is 12.1. The van der Waals surface area contributed by atoms with Crippen LogP contribution in [0.15, 0.2) is 18.2 Å². The van der Waals surface area contributed by atoms with Gasteiger partial charge in [0.25, 0.3) is 0 Å². The molecule has 0 aromatic heterocycles. The van der Waals surface area contributed by atoms with Crippen molar-refractivity contribution in [1.29, 1.82) is 5.26 Å². The van der Waals surface area contributed by atoms with Crippen LogP contribution in [0.5, 0.6) is 0 Å². The van der Waals surface area contributed by atoms with E-state index in [1.807, 2.05) is 19.9 Å². The molecule has 0 spiro atoms. The number of nitrogens with one attached hydrogen (secondary N) is 2. The number of rotatable bonds is 5. The number of halogens is 2. The van der Waals surface area contributed by atoms with Gasteiger partial charge in [-0.15, -0.1) is 0 Å². The van der Waals surface area contributed by atoms with Gasteiger partial charge in [0.05, 0.1) is 22.7 Å². The molecule has 2 rings (SSSR count). The Kier molecular flexibility index (Phi) is 6.73. The first-order valence-corrected chi connectivity index (χ1v) is 9.46. The van der Waals surface area contributed by atoms with E-state index in [0.717, 1.165) is 44.1 Å². The third-order valence-corrected chi connectivity index (χ3v) is 5.62. The average Bonchev–Trinajstić information content (AvgIpc) is 2.81. The fourth-order valence-electron chi connectivity index (χ4n) is 3.20. The van der Waals surface area contributed by atoms with Crippen LogP contribution < -0.4 is 10.6 Å². The van der Waals surface area contributed by atoms with Crippen LogP contribution in [0.25, 0.3) is 0 Å². The van der Waals surface area contributed by atoms with E-state index in [0.29, 0.717) is 10.0 Å². The molecule has 1 aliphatic carbocycles. The number of nitriles is 1. The van der Waals surface area contributed by atoms with Gasteiger partial charge >= 0.3 is 0 Å². The summed E-state index contributed by atoms with van der Waals surface area (Å²) in [6, 6.07) is 7.78. The van der Waals surface area contributed by atoms with Crippen molar-refractivity contribution in [2.75, 3.05) is 6.54 Å². The third-order valence-electron chi connectivity index (χ3n) is 4.88. The van der Waals surface area contributed by atoms with Crippen molar-refractivity contribution >= 4 is 29.1 Å². The molecule has 1 aromatic rings. The number of amides is 1. The van der Waals surface area contributed by atoms with E-state index in [1.165, 1.54) is 0 Å². The van der Waals surface area contributed by atoms with Crippen molar-refractivity contribution in [2.24, 2.45) is 0 Å². The summed E-state index contributed by atoms with van der Waals surface area (Å²) in [6.07, 6.45) is 5.67. The highest BCUT2D eigenvalue weighted by Gasteiger charge is 2.33. The second-order valence-electron chi connectivity index (χ2n) is 7.26. The lowest BCUT2D eigenvalue weighted by Crippen LogP contribution is -2.51. The van der Waals surface area contributed by atoms with Gasteiger partial charge in [0, 0.05) is 5.54 Å². The van der Waals surface area contributed by atoms with Gasteiger partial charge in [0.1, 0.15) is 5.54 Å². The van der Waals surface area contributed by atoms with Gasteiger partial charge in [-0.1, -0.05) is 55.0 Å². The number of hydrogen-bond donors (Lipinski definition) is 2. The van der Waals surface area contributed by atoms with Crippen molar-refractivity contribution in [2.45, 2.75) is 63.5 Å². The molecule has 0 saturated heterocycles. The number of nitrogens with zero attached hydrogens (tertiary/aromatic N) is 1. The molecular weight excluding hydrogens is 357 g/mol. The summed E-state index contributed by atoms with van der Waals surface area (Å²) in [7, 11) is 0. The predicted molar refractivity (Wildman–Crippen MR) is 102 cm³/mol. The molecule has 1 fully saturated rings. The third kappa shape index (κ3) is 5.34. The van der Waals surface area contributed by atoms with E-state index in [9.17, 15) is 10.1 Å². The normalized spacial score (nSPS) is 17.4. The van der Waals surface area contributed by atoms with Crippen molar-refractivity contribution in [3.63, 3.8) is 0 Å². The number of carbonyl (C=O) groups excluding carboxylic acids is 1. The van der Waals surface area contributed by atoms with Crippen molar-refractivity contribution in [3.05, 3.63) is 33.8 Å². The molecule has 6 heteroatoms. The van der Waals surface area contributed by atoms with E-state index in [1.54, 1.807) is 12.1 Å². The van der Waals surface area contributed by atoms with E-state index in [2.05, 4.69) is 16.7 Å². The maximum absolute atomic E-state index is 12.4. The van der Waals surface area contributed by atoms with E-state index >= 15 is 0 Å². The molecule has 136 valence electrons. The quantitative estimate of drug-likeness (QED) is 0.735. The Bertz CT molecular complexity index is 659. The zero-order valence-corrected chi connectivity index (χ0v) is 16.3. The Morgan fingerprint density at radius 2 is 1.84 bits per heavy atom. The van der Waals surface area contributed by atoms with Gasteiger partial charge in [0.2, 0.25) is 5.91 Å². The number of hydrogen-bond acceptors (Lipinski definition) is 3. The van der Waals surface area contributed by atoms with Gasteiger partial charge in [-0.2, -0.15) is 5.26 Å². The van der Waals surface area contributed by atoms with Crippen LogP contribution in [0.3, 0.4) is 0 Å². The van der Waals surface area contributed by atoms with Crippen LogP contribution >= 0.6 is 23.2 Å². The lowest BCUT2D eigenvalue weighted by atomic mass is 9.91. The maximum atomic E-state index is 12.4. The van der Waals surface area contributed by atoms with Crippen molar-refractivity contribution < 1.29 is 4.79 Å². The smallest absolute Gasteiger partial charge is 0.235 e. The van der Waals surface area contributed by atoms with Gasteiger partial charge < -0.3 is 5.32 Å². The Morgan fingerprint density at radius 3 is 2.40 bits per heavy atom. The molecule has 25 heavy (non-hydrogen) atoms. The summed E-state index contributed by atoms with van der Waals surface area (Å²) in [6.45, 7) is 4.09. The maximum Gasteiger partial charge on any atom is 0.235 e. The average molecular weight is 382 g/mol. The zero-order chi connectivity index (χ0) is 18.5. The summed E-state index contributed by atoms with van der Waals surface area (Å²) < 4.78 is 0. The standard InChI is InChI=1S/C19H25Cl2N3O/c1-18(2,14-7-8-15(20)16(21)11-14)23-12-17(25)24-19(13-22)9-5-3-4-6-10-19/h7-8,11,23H,3-6,9-10,12H2,1-2H3,(H,24,25). The van der Waals surface area contributed by atoms with Gasteiger partial charge in [0.15, 0.2) is 0 Å². The Morgan fingerprint density at radius 1 is 1.20 bits per heavy atom. The van der Waals surface area contributed by atoms with Gasteiger partial charge in [-0.25, -0.2) is 0 Å². The number of carbonyl (C=O) groups is 1. The second-order valence-corrected chi connectivity index (χ2v) is 8.08. The van der Waals surface area contributed by atoms with Gasteiger partial charge in [-0.05, 0) is 44.4 Å².